The zero-order valence-electron chi connectivity index (χ0n) is 14.2. The number of nitrogens with one attached hydrogen (secondary N) is 3. The summed E-state index contributed by atoms with van der Waals surface area (Å²) in [4.78, 5) is 11.9. The predicted molar refractivity (Wildman–Crippen MR) is 94.9 cm³/mol. The Bertz CT molecular complexity index is 887. The summed E-state index contributed by atoms with van der Waals surface area (Å²) >= 11 is 0. The maximum absolute atomic E-state index is 14.3. The van der Waals surface area contributed by atoms with E-state index in [4.69, 9.17) is 0 Å². The van der Waals surface area contributed by atoms with Crippen LogP contribution in [-0.2, 0) is 15.9 Å². The molecule has 3 N–H and O–H groups in total. The first-order valence-corrected chi connectivity index (χ1v) is 9.16. The number of halogens is 2. The second-order valence-electron chi connectivity index (χ2n) is 5.42. The van der Waals surface area contributed by atoms with Crippen LogP contribution >= 0.6 is 0 Å². The molecule has 0 aromatic heterocycles. The van der Waals surface area contributed by atoms with Gasteiger partial charge in [0, 0.05) is 18.3 Å². The highest BCUT2D eigenvalue weighted by atomic mass is 32.2. The molecular weight excluding hydrogens is 364 g/mol. The van der Waals surface area contributed by atoms with Gasteiger partial charge < -0.3 is 10.6 Å². The fourth-order valence-corrected chi connectivity index (χ4v) is 3.03. The Morgan fingerprint density at radius 2 is 1.73 bits per heavy atom. The van der Waals surface area contributed by atoms with Gasteiger partial charge in [-0.3, -0.25) is 4.79 Å². The lowest BCUT2D eigenvalue weighted by Gasteiger charge is -2.19. The fourth-order valence-electron chi connectivity index (χ4n) is 2.28. The number of alkyl halides is 2. The summed E-state index contributed by atoms with van der Waals surface area (Å²) in [6.07, 6.45) is 0. The fraction of sp³-hybridized carbons (Fsp3) is 0.235. The van der Waals surface area contributed by atoms with Gasteiger partial charge in [-0.1, -0.05) is 30.3 Å². The van der Waals surface area contributed by atoms with E-state index >= 15 is 0 Å². The molecule has 0 aliphatic carbocycles. The maximum atomic E-state index is 14.3. The Balaban J connectivity index is 2.33. The summed E-state index contributed by atoms with van der Waals surface area (Å²) in [5, 5.41) is 4.90. The summed E-state index contributed by atoms with van der Waals surface area (Å²) < 4.78 is 54.5. The van der Waals surface area contributed by atoms with E-state index in [2.05, 4.69) is 15.4 Å². The Labute approximate surface area is 150 Å². The first kappa shape index (κ1) is 19.8. The molecule has 0 unspecified atom stereocenters. The second kappa shape index (κ2) is 7.79. The first-order valence-electron chi connectivity index (χ1n) is 7.68. The van der Waals surface area contributed by atoms with Gasteiger partial charge in [-0.15, -0.1) is 0 Å². The molecule has 0 atom stereocenters. The van der Waals surface area contributed by atoms with Crippen molar-refractivity contribution in [2.45, 2.75) is 10.8 Å². The van der Waals surface area contributed by atoms with E-state index in [0.29, 0.717) is 0 Å². The number of hydrogen-bond acceptors (Lipinski definition) is 4. The van der Waals surface area contributed by atoms with Crippen LogP contribution in [0.1, 0.15) is 15.9 Å². The van der Waals surface area contributed by atoms with Crippen LogP contribution in [0.4, 0.5) is 14.5 Å². The van der Waals surface area contributed by atoms with E-state index in [-0.39, 0.29) is 21.7 Å². The largest absolute Gasteiger partial charge is 0.378 e. The second-order valence-corrected chi connectivity index (χ2v) is 7.30. The van der Waals surface area contributed by atoms with Gasteiger partial charge >= 0.3 is 0 Å². The van der Waals surface area contributed by atoms with E-state index in [0.717, 1.165) is 6.07 Å². The Kier molecular flexibility index (Phi) is 5.94. The number of amides is 1. The van der Waals surface area contributed by atoms with Gasteiger partial charge in [-0.05, 0) is 25.2 Å². The number of carbonyl (C=O) groups excluding carboxylic acids is 1. The molecular formula is C17H19F2N3O3S. The van der Waals surface area contributed by atoms with Crippen molar-refractivity contribution in [1.29, 1.82) is 0 Å². The van der Waals surface area contributed by atoms with Crippen molar-refractivity contribution in [3.8, 4) is 0 Å². The quantitative estimate of drug-likeness (QED) is 0.684. The van der Waals surface area contributed by atoms with Crippen molar-refractivity contribution in [2.75, 3.05) is 26.0 Å². The van der Waals surface area contributed by atoms with Crippen LogP contribution in [0.15, 0.2) is 53.4 Å². The third-order valence-electron chi connectivity index (χ3n) is 3.74. The molecule has 26 heavy (non-hydrogen) atoms. The van der Waals surface area contributed by atoms with E-state index in [1.807, 2.05) is 0 Å². The van der Waals surface area contributed by atoms with Crippen LogP contribution in [-0.4, -0.2) is 35.0 Å². The lowest BCUT2D eigenvalue weighted by molar-refractivity contribution is 0.0106. The van der Waals surface area contributed by atoms with Gasteiger partial charge in [-0.2, -0.15) is 8.78 Å². The number of carbonyl (C=O) groups is 1. The zero-order valence-corrected chi connectivity index (χ0v) is 15.0. The number of anilines is 1. The highest BCUT2D eigenvalue weighted by molar-refractivity contribution is 7.89. The maximum Gasteiger partial charge on any atom is 0.290 e. The summed E-state index contributed by atoms with van der Waals surface area (Å²) in [6.45, 7) is -0.751. The predicted octanol–water partition coefficient (Wildman–Crippen LogP) is 2.16. The highest BCUT2D eigenvalue weighted by Crippen LogP contribution is 2.29. The highest BCUT2D eigenvalue weighted by Gasteiger charge is 2.31. The van der Waals surface area contributed by atoms with E-state index in [9.17, 15) is 22.0 Å². The Morgan fingerprint density at radius 1 is 1.08 bits per heavy atom. The third-order valence-corrected chi connectivity index (χ3v) is 5.15. The summed E-state index contributed by atoms with van der Waals surface area (Å²) in [6, 6.07) is 10.9. The number of rotatable bonds is 7. The topological polar surface area (TPSA) is 87.3 Å². The van der Waals surface area contributed by atoms with Gasteiger partial charge in [0.05, 0.1) is 17.0 Å². The van der Waals surface area contributed by atoms with Gasteiger partial charge in [0.25, 0.3) is 11.8 Å². The molecule has 1 amide bonds. The average molecular weight is 383 g/mol. The van der Waals surface area contributed by atoms with Crippen LogP contribution in [0.3, 0.4) is 0 Å². The van der Waals surface area contributed by atoms with Crippen LogP contribution in [0.25, 0.3) is 0 Å². The van der Waals surface area contributed by atoms with Gasteiger partial charge in [0.15, 0.2) is 0 Å². The molecule has 0 radical (unpaired) electrons. The molecule has 0 aliphatic rings. The minimum Gasteiger partial charge on any atom is -0.378 e. The molecule has 140 valence electrons. The van der Waals surface area contributed by atoms with E-state index in [1.165, 1.54) is 50.5 Å². The first-order chi connectivity index (χ1) is 12.2. The van der Waals surface area contributed by atoms with Gasteiger partial charge in [0.2, 0.25) is 10.0 Å². The molecule has 2 rings (SSSR count). The van der Waals surface area contributed by atoms with Crippen molar-refractivity contribution in [3.05, 3.63) is 59.7 Å². The summed E-state index contributed by atoms with van der Waals surface area (Å²) in [7, 11) is -1.17. The molecule has 2 aromatic rings. The lowest BCUT2D eigenvalue weighted by atomic mass is 10.1. The van der Waals surface area contributed by atoms with Crippen molar-refractivity contribution >= 4 is 21.6 Å². The van der Waals surface area contributed by atoms with Crippen molar-refractivity contribution in [3.63, 3.8) is 0 Å². The summed E-state index contributed by atoms with van der Waals surface area (Å²) in [5.41, 5.74) is -0.105. The smallest absolute Gasteiger partial charge is 0.290 e. The van der Waals surface area contributed by atoms with Crippen molar-refractivity contribution in [2.24, 2.45) is 0 Å². The monoisotopic (exact) mass is 383 g/mol. The molecule has 0 spiro atoms. The molecule has 2 aromatic carbocycles. The minimum atomic E-state index is -3.77. The number of sulfonamides is 1. The standard InChI is InChI=1S/C17H19F2N3O3S/c1-20-16(23)14-10-13(26(24,25)21-2)8-9-15(14)22-11-17(18,19)12-6-4-3-5-7-12/h3-10,21-22H,11H2,1-2H3,(H,20,23). The van der Waals surface area contributed by atoms with Crippen molar-refractivity contribution < 1.29 is 22.0 Å². The zero-order chi connectivity index (χ0) is 19.4. The molecule has 0 saturated heterocycles. The number of hydrogen-bond donors (Lipinski definition) is 3. The molecule has 0 saturated carbocycles. The normalized spacial score (nSPS) is 11.8. The molecule has 0 fully saturated rings. The summed E-state index contributed by atoms with van der Waals surface area (Å²) in [5.74, 6) is -3.76. The molecule has 9 heteroatoms. The van der Waals surface area contributed by atoms with Crippen LogP contribution in [0.5, 0.6) is 0 Å². The Hall–Kier alpha value is -2.52. The number of benzene rings is 2. The van der Waals surface area contributed by atoms with Crippen LogP contribution < -0.4 is 15.4 Å². The SMILES string of the molecule is CNC(=O)c1cc(S(=O)(=O)NC)ccc1NCC(F)(F)c1ccccc1. The molecule has 6 nitrogen and oxygen atoms in total. The Morgan fingerprint density at radius 3 is 2.31 bits per heavy atom. The van der Waals surface area contributed by atoms with E-state index in [1.54, 1.807) is 6.07 Å². The average Bonchev–Trinajstić information content (AvgIpc) is 2.66. The molecule has 0 bridgehead atoms. The van der Waals surface area contributed by atoms with Crippen LogP contribution in [0, 0.1) is 0 Å². The minimum absolute atomic E-state index is 0.0484. The molecule has 0 aliphatic heterocycles. The van der Waals surface area contributed by atoms with Gasteiger partial charge in [0.1, 0.15) is 0 Å². The van der Waals surface area contributed by atoms with Crippen molar-refractivity contribution in [1.82, 2.24) is 10.0 Å². The van der Waals surface area contributed by atoms with E-state index < -0.39 is 28.4 Å². The lowest BCUT2D eigenvalue weighted by Crippen LogP contribution is -2.27. The molecule has 0 heterocycles. The van der Waals surface area contributed by atoms with Gasteiger partial charge in [-0.25, -0.2) is 13.1 Å². The van der Waals surface area contributed by atoms with Crippen LogP contribution in [0.2, 0.25) is 0 Å². The third kappa shape index (κ3) is 4.36.